The van der Waals surface area contributed by atoms with Crippen LogP contribution in [0.25, 0.3) is 86.3 Å². The van der Waals surface area contributed by atoms with Crippen LogP contribution >= 0.6 is 11.3 Å². The van der Waals surface area contributed by atoms with Gasteiger partial charge in [-0.15, -0.1) is 11.3 Å². The van der Waals surface area contributed by atoms with Gasteiger partial charge in [0.2, 0.25) is 0 Å². The van der Waals surface area contributed by atoms with Crippen molar-refractivity contribution in [3.63, 3.8) is 0 Å². The normalized spacial score (nSPS) is 11.7. The highest BCUT2D eigenvalue weighted by atomic mass is 32.1. The van der Waals surface area contributed by atoms with Crippen LogP contribution in [0.4, 0.5) is 0 Å². The lowest BCUT2D eigenvalue weighted by Crippen LogP contribution is -1.94. The summed E-state index contributed by atoms with van der Waals surface area (Å²) in [6, 6.07) is 49.4. The highest BCUT2D eigenvalue weighted by Crippen LogP contribution is 2.41. The van der Waals surface area contributed by atoms with Gasteiger partial charge in [0.1, 0.15) is 0 Å². The van der Waals surface area contributed by atoms with Gasteiger partial charge in [0.05, 0.1) is 0 Å². The van der Waals surface area contributed by atoms with Crippen molar-refractivity contribution in [2.24, 2.45) is 0 Å². The Morgan fingerprint density at radius 2 is 0.860 bits per heavy atom. The van der Waals surface area contributed by atoms with Crippen molar-refractivity contribution in [1.82, 2.24) is 15.0 Å². The fraction of sp³-hybridized carbons (Fsp3) is 0. The first-order valence-electron chi connectivity index (χ1n) is 14.4. The van der Waals surface area contributed by atoms with Crippen LogP contribution in [0.3, 0.4) is 0 Å². The third-order valence-corrected chi connectivity index (χ3v) is 9.55. The lowest BCUT2D eigenvalue weighted by molar-refractivity contribution is 1.18. The quantitative estimate of drug-likeness (QED) is 0.209. The second-order valence-electron chi connectivity index (χ2n) is 10.8. The minimum Gasteiger partial charge on any atom is -0.208 e. The maximum absolute atomic E-state index is 5.18. The van der Waals surface area contributed by atoms with Crippen molar-refractivity contribution in [3.05, 3.63) is 140 Å². The van der Waals surface area contributed by atoms with Crippen LogP contribution in [-0.2, 0) is 0 Å². The molecule has 0 atom stereocenters. The molecule has 3 heterocycles. The zero-order chi connectivity index (χ0) is 28.3. The van der Waals surface area contributed by atoms with Gasteiger partial charge in [-0.3, -0.25) is 0 Å². The van der Waals surface area contributed by atoms with Crippen molar-refractivity contribution >= 4 is 75.1 Å². The molecule has 0 saturated heterocycles. The summed E-state index contributed by atoms with van der Waals surface area (Å²) in [6.45, 7) is 0. The minimum atomic E-state index is 0.669. The molecular weight excluding hydrogens is 543 g/mol. The van der Waals surface area contributed by atoms with Crippen molar-refractivity contribution in [2.45, 2.75) is 0 Å². The highest BCUT2D eigenvalue weighted by molar-refractivity contribution is 7.27. The van der Waals surface area contributed by atoms with Gasteiger partial charge in [0, 0.05) is 36.5 Å². The lowest BCUT2D eigenvalue weighted by atomic mass is 9.98. The zero-order valence-electron chi connectivity index (χ0n) is 23.0. The van der Waals surface area contributed by atoms with Gasteiger partial charge >= 0.3 is 0 Å². The Labute approximate surface area is 251 Å². The Kier molecular flexibility index (Phi) is 5.37. The van der Waals surface area contributed by atoms with Crippen LogP contribution in [0.5, 0.6) is 0 Å². The maximum atomic E-state index is 5.18. The molecule has 0 aliphatic carbocycles. The van der Waals surface area contributed by atoms with Crippen LogP contribution in [0.1, 0.15) is 0 Å². The molecule has 9 aromatic rings. The van der Waals surface area contributed by atoms with Crippen LogP contribution in [0, 0.1) is 0 Å². The lowest BCUT2D eigenvalue weighted by Gasteiger charge is -2.07. The molecule has 0 aliphatic heterocycles. The van der Waals surface area contributed by atoms with Crippen molar-refractivity contribution in [1.29, 1.82) is 0 Å². The number of rotatable bonds is 2. The molecule has 3 nitrogen and oxygen atoms in total. The maximum Gasteiger partial charge on any atom is 0.165 e. The average Bonchev–Trinajstić information content (AvgIpc) is 3.47. The number of hydrogen-bond donors (Lipinski definition) is 0. The molecule has 0 spiro atoms. The Bertz CT molecular complexity index is 2380. The molecule has 9 rings (SSSR count). The van der Waals surface area contributed by atoms with Crippen LogP contribution in [0.2, 0.25) is 0 Å². The molecular formula is C39H23N3S. The van der Waals surface area contributed by atoms with Crippen LogP contribution in [-0.4, -0.2) is 15.0 Å². The largest absolute Gasteiger partial charge is 0.208 e. The smallest absolute Gasteiger partial charge is 0.165 e. The fourth-order valence-corrected chi connectivity index (χ4v) is 7.57. The summed E-state index contributed by atoms with van der Waals surface area (Å²) in [5, 5.41) is 9.13. The van der Waals surface area contributed by atoms with E-state index < -0.39 is 0 Å². The van der Waals surface area contributed by atoms with Crippen molar-refractivity contribution < 1.29 is 0 Å². The molecule has 4 heteroatoms. The number of aromatic nitrogens is 3. The molecule has 43 heavy (non-hydrogen) atoms. The van der Waals surface area contributed by atoms with E-state index in [-0.39, 0.29) is 0 Å². The van der Waals surface area contributed by atoms with Gasteiger partial charge in [-0.2, -0.15) is 0 Å². The van der Waals surface area contributed by atoms with E-state index in [1.54, 1.807) is 0 Å². The molecule has 0 saturated carbocycles. The monoisotopic (exact) mass is 565 g/mol. The van der Waals surface area contributed by atoms with Crippen LogP contribution < -0.4 is 0 Å². The average molecular weight is 566 g/mol. The van der Waals surface area contributed by atoms with E-state index in [0.717, 1.165) is 27.1 Å². The Morgan fingerprint density at radius 3 is 1.58 bits per heavy atom. The number of fused-ring (bicyclic) bond motifs is 10. The van der Waals surface area contributed by atoms with E-state index in [1.807, 2.05) is 29.5 Å². The van der Waals surface area contributed by atoms with E-state index >= 15 is 0 Å². The summed E-state index contributed by atoms with van der Waals surface area (Å²) in [5.41, 5.74) is 4.69. The Hall–Kier alpha value is -5.45. The van der Waals surface area contributed by atoms with Gasteiger partial charge in [0.15, 0.2) is 17.1 Å². The molecule has 0 unspecified atom stereocenters. The van der Waals surface area contributed by atoms with E-state index in [4.69, 9.17) is 15.0 Å². The van der Waals surface area contributed by atoms with E-state index in [1.165, 1.54) is 42.1 Å². The first kappa shape index (κ1) is 24.2. The second kappa shape index (κ2) is 9.55. The summed E-state index contributed by atoms with van der Waals surface area (Å²) in [5.74, 6) is 0.669. The summed E-state index contributed by atoms with van der Waals surface area (Å²) < 4.78 is 2.46. The molecule has 200 valence electrons. The Balaban J connectivity index is 1.59. The summed E-state index contributed by atoms with van der Waals surface area (Å²) >= 11 is 1.82. The van der Waals surface area contributed by atoms with Gasteiger partial charge < -0.3 is 0 Å². The summed E-state index contributed by atoms with van der Waals surface area (Å²) in [6.07, 6.45) is 0. The molecule has 0 aliphatic rings. The third kappa shape index (κ3) is 3.92. The molecule has 0 N–H and O–H groups in total. The summed E-state index contributed by atoms with van der Waals surface area (Å²) in [7, 11) is 0. The number of hydrogen-bond acceptors (Lipinski definition) is 4. The summed E-state index contributed by atoms with van der Waals surface area (Å²) in [4.78, 5) is 15.4. The highest BCUT2D eigenvalue weighted by Gasteiger charge is 2.14. The molecule has 3 aromatic heterocycles. The molecule has 6 bridgehead atoms. The number of benzene rings is 6. The fourth-order valence-electron chi connectivity index (χ4n) is 6.22. The van der Waals surface area contributed by atoms with E-state index in [0.29, 0.717) is 17.1 Å². The predicted octanol–water partition coefficient (Wildman–Crippen LogP) is 10.7. The molecule has 0 amide bonds. The first-order valence-corrected chi connectivity index (χ1v) is 15.2. The van der Waals surface area contributed by atoms with Crippen molar-refractivity contribution in [3.8, 4) is 22.5 Å². The number of nitrogens with zero attached hydrogens (tertiary/aromatic N) is 3. The van der Waals surface area contributed by atoms with Gasteiger partial charge in [0.25, 0.3) is 0 Å². The molecule has 0 fully saturated rings. The van der Waals surface area contributed by atoms with Gasteiger partial charge in [-0.05, 0) is 56.9 Å². The Morgan fingerprint density at radius 1 is 0.349 bits per heavy atom. The van der Waals surface area contributed by atoms with E-state index in [9.17, 15) is 0 Å². The third-order valence-electron chi connectivity index (χ3n) is 8.26. The van der Waals surface area contributed by atoms with Crippen molar-refractivity contribution in [2.75, 3.05) is 0 Å². The van der Waals surface area contributed by atoms with E-state index in [2.05, 4.69) is 121 Å². The molecule has 6 aromatic carbocycles. The minimum absolute atomic E-state index is 0.669. The molecule has 0 radical (unpaired) electrons. The number of thiophene rings is 1. The second-order valence-corrected chi connectivity index (χ2v) is 11.9. The van der Waals surface area contributed by atoms with Gasteiger partial charge in [-0.1, -0.05) is 115 Å². The zero-order valence-corrected chi connectivity index (χ0v) is 23.8. The van der Waals surface area contributed by atoms with Crippen LogP contribution in [0.15, 0.2) is 140 Å². The topological polar surface area (TPSA) is 38.7 Å². The standard InChI is InChI=1S/C39H23N3S/c1-3-11-24(12-4-1)26-21-27-23-28(22-26)30-17-9-18-31-32-19-10-20-34(36(32)43-35(30)31)39-41-37(25-13-5-2-6-14-25)40-38(42-39)33-16-8-7-15-29(27)33/h1-23H. The predicted molar refractivity (Wildman–Crippen MR) is 182 cm³/mol. The first-order chi connectivity index (χ1) is 21.3. The van der Waals surface area contributed by atoms with Gasteiger partial charge in [-0.25, -0.2) is 15.0 Å². The SMILES string of the molecule is c1ccc(-c2cc3cc(c2)c2cccc4c5cccc(c6nc(-c7ccccc7)nc(n6)c6ccccc36)c5sc24)cc1.